The number of rotatable bonds is 16. The van der Waals surface area contributed by atoms with Gasteiger partial charge in [0.05, 0.1) is 6.61 Å². The summed E-state index contributed by atoms with van der Waals surface area (Å²) in [5.74, 6) is 1.59. The fourth-order valence-corrected chi connectivity index (χ4v) is 3.60. The van der Waals surface area contributed by atoms with E-state index in [2.05, 4.69) is 11.9 Å². The summed E-state index contributed by atoms with van der Waals surface area (Å²) in [6, 6.07) is 5.89. The first-order valence-corrected chi connectivity index (χ1v) is 11.3. The van der Waals surface area contributed by atoms with Crippen LogP contribution in [-0.4, -0.2) is 11.6 Å². The maximum Gasteiger partial charge on any atom is 0.192 e. The average molecular weight is 374 g/mol. The summed E-state index contributed by atoms with van der Waals surface area (Å²) < 4.78 is 11.4. The first-order chi connectivity index (χ1) is 13.3. The van der Waals surface area contributed by atoms with Gasteiger partial charge in [-0.2, -0.15) is 0 Å². The third-order valence-electron chi connectivity index (χ3n) is 5.23. The van der Waals surface area contributed by atoms with Crippen molar-refractivity contribution >= 4 is 11.1 Å². The third kappa shape index (κ3) is 9.30. The Balaban J connectivity index is 1.37. The van der Waals surface area contributed by atoms with E-state index in [1.54, 1.807) is 0 Å². The van der Waals surface area contributed by atoms with E-state index in [9.17, 15) is 0 Å². The van der Waals surface area contributed by atoms with E-state index in [1.165, 1.54) is 83.5 Å². The average Bonchev–Trinajstić information content (AvgIpc) is 3.04. The van der Waals surface area contributed by atoms with Gasteiger partial charge in [-0.05, 0) is 18.6 Å². The monoisotopic (exact) mass is 373 g/mol. The summed E-state index contributed by atoms with van der Waals surface area (Å²) in [5, 5.41) is 0. The second kappa shape index (κ2) is 13.6. The Morgan fingerprint density at radius 2 is 1.33 bits per heavy atom. The van der Waals surface area contributed by atoms with Crippen molar-refractivity contribution in [2.75, 3.05) is 6.61 Å². The van der Waals surface area contributed by atoms with E-state index < -0.39 is 0 Å². The Labute approximate surface area is 165 Å². The van der Waals surface area contributed by atoms with Crippen molar-refractivity contribution in [1.29, 1.82) is 0 Å². The highest BCUT2D eigenvalue weighted by Crippen LogP contribution is 2.21. The van der Waals surface area contributed by atoms with Gasteiger partial charge in [0.25, 0.3) is 0 Å². The number of hydrogen-bond donors (Lipinski definition) is 0. The molecule has 0 spiro atoms. The zero-order valence-corrected chi connectivity index (χ0v) is 17.6. The number of aryl methyl sites for hydroxylation is 1. The molecule has 1 heterocycles. The summed E-state index contributed by atoms with van der Waals surface area (Å²) in [5.41, 5.74) is 1.71. The van der Waals surface area contributed by atoms with Gasteiger partial charge in [-0.3, -0.25) is 0 Å². The van der Waals surface area contributed by atoms with Gasteiger partial charge >= 0.3 is 0 Å². The van der Waals surface area contributed by atoms with Gasteiger partial charge in [0.1, 0.15) is 11.3 Å². The lowest BCUT2D eigenvalue weighted by Gasteiger charge is -2.06. The topological polar surface area (TPSA) is 35.3 Å². The summed E-state index contributed by atoms with van der Waals surface area (Å²) in [6.45, 7) is 4.94. The van der Waals surface area contributed by atoms with Crippen molar-refractivity contribution in [2.45, 2.75) is 104 Å². The van der Waals surface area contributed by atoms with Crippen LogP contribution in [0.2, 0.25) is 0 Å². The lowest BCUT2D eigenvalue weighted by molar-refractivity contribution is 0.304. The zero-order chi connectivity index (χ0) is 19.2. The molecule has 0 saturated carbocycles. The predicted octanol–water partition coefficient (Wildman–Crippen LogP) is 8.00. The molecule has 2 aromatic rings. The number of fused-ring (bicyclic) bond motifs is 1. The third-order valence-corrected chi connectivity index (χ3v) is 5.23. The van der Waals surface area contributed by atoms with Crippen molar-refractivity contribution in [2.24, 2.45) is 0 Å². The summed E-state index contributed by atoms with van der Waals surface area (Å²) in [7, 11) is 0. The molecule has 0 aliphatic heterocycles. The van der Waals surface area contributed by atoms with Crippen LogP contribution in [-0.2, 0) is 0 Å². The van der Waals surface area contributed by atoms with Crippen molar-refractivity contribution in [3.63, 3.8) is 0 Å². The standard InChI is InChI=1S/C24H39NO2/c1-3-4-5-6-7-8-9-10-11-12-13-14-15-16-19-26-22-17-18-23-24(20-22)27-21(2)25-23/h17-18,20H,3-16,19H2,1-2H3. The highest BCUT2D eigenvalue weighted by molar-refractivity contribution is 5.74. The van der Waals surface area contributed by atoms with Crippen LogP contribution in [0.1, 0.15) is 103 Å². The molecule has 0 aliphatic rings. The number of benzene rings is 1. The normalized spacial score (nSPS) is 11.3. The second-order valence-corrected chi connectivity index (χ2v) is 7.81. The van der Waals surface area contributed by atoms with E-state index in [4.69, 9.17) is 9.15 Å². The first kappa shape index (κ1) is 21.8. The number of ether oxygens (including phenoxy) is 1. The van der Waals surface area contributed by atoms with Crippen molar-refractivity contribution in [1.82, 2.24) is 4.98 Å². The molecule has 27 heavy (non-hydrogen) atoms. The van der Waals surface area contributed by atoms with Crippen LogP contribution in [0.25, 0.3) is 11.1 Å². The zero-order valence-electron chi connectivity index (χ0n) is 17.6. The van der Waals surface area contributed by atoms with Gasteiger partial charge in [-0.25, -0.2) is 4.98 Å². The number of oxazole rings is 1. The molecular formula is C24H39NO2. The molecule has 1 aromatic carbocycles. The Morgan fingerprint density at radius 1 is 0.778 bits per heavy atom. The molecule has 0 unspecified atom stereocenters. The molecule has 0 saturated heterocycles. The molecule has 0 aliphatic carbocycles. The molecule has 0 amide bonds. The Hall–Kier alpha value is -1.51. The molecule has 2 rings (SSSR count). The quantitative estimate of drug-likeness (QED) is 0.280. The van der Waals surface area contributed by atoms with Crippen LogP contribution in [0.15, 0.2) is 22.6 Å². The molecule has 3 heteroatoms. The van der Waals surface area contributed by atoms with E-state index in [0.717, 1.165) is 29.9 Å². The molecule has 0 bridgehead atoms. The van der Waals surface area contributed by atoms with E-state index in [0.29, 0.717) is 5.89 Å². The molecule has 0 radical (unpaired) electrons. The minimum absolute atomic E-state index is 0.703. The van der Waals surface area contributed by atoms with Crippen LogP contribution in [0.3, 0.4) is 0 Å². The molecule has 0 fully saturated rings. The summed E-state index contributed by atoms with van der Waals surface area (Å²) >= 11 is 0. The lowest BCUT2D eigenvalue weighted by Crippen LogP contribution is -1.97. The largest absolute Gasteiger partial charge is 0.493 e. The Kier molecular flexibility index (Phi) is 11.0. The van der Waals surface area contributed by atoms with Crippen LogP contribution in [0.5, 0.6) is 5.75 Å². The maximum absolute atomic E-state index is 5.84. The molecule has 3 nitrogen and oxygen atoms in total. The van der Waals surface area contributed by atoms with Crippen LogP contribution >= 0.6 is 0 Å². The van der Waals surface area contributed by atoms with Crippen LogP contribution < -0.4 is 4.74 Å². The maximum atomic E-state index is 5.84. The number of aromatic nitrogens is 1. The van der Waals surface area contributed by atoms with Gasteiger partial charge < -0.3 is 9.15 Å². The van der Waals surface area contributed by atoms with E-state index >= 15 is 0 Å². The Bertz CT molecular complexity index is 620. The van der Waals surface area contributed by atoms with Crippen molar-refractivity contribution < 1.29 is 9.15 Å². The SMILES string of the molecule is CCCCCCCCCCCCCCCCOc1ccc2nc(C)oc2c1. The fraction of sp³-hybridized carbons (Fsp3) is 0.708. The van der Waals surface area contributed by atoms with Crippen molar-refractivity contribution in [3.8, 4) is 5.75 Å². The number of hydrogen-bond acceptors (Lipinski definition) is 3. The van der Waals surface area contributed by atoms with Crippen molar-refractivity contribution in [3.05, 3.63) is 24.1 Å². The summed E-state index contributed by atoms with van der Waals surface area (Å²) in [4.78, 5) is 4.31. The minimum Gasteiger partial charge on any atom is -0.493 e. The number of nitrogens with zero attached hydrogens (tertiary/aromatic N) is 1. The first-order valence-electron chi connectivity index (χ1n) is 11.3. The molecule has 152 valence electrons. The smallest absolute Gasteiger partial charge is 0.192 e. The number of unbranched alkanes of at least 4 members (excludes halogenated alkanes) is 13. The molecular weight excluding hydrogens is 334 g/mol. The van der Waals surface area contributed by atoms with Gasteiger partial charge in [-0.15, -0.1) is 0 Å². The Morgan fingerprint density at radius 3 is 1.93 bits per heavy atom. The highest BCUT2D eigenvalue weighted by atomic mass is 16.5. The predicted molar refractivity (Wildman–Crippen MR) is 115 cm³/mol. The van der Waals surface area contributed by atoms with E-state index in [1.807, 2.05) is 25.1 Å². The van der Waals surface area contributed by atoms with Crippen LogP contribution in [0.4, 0.5) is 0 Å². The molecule has 0 N–H and O–H groups in total. The second-order valence-electron chi connectivity index (χ2n) is 7.81. The van der Waals surface area contributed by atoms with E-state index in [-0.39, 0.29) is 0 Å². The van der Waals surface area contributed by atoms with Gasteiger partial charge in [0.2, 0.25) is 0 Å². The molecule has 0 atom stereocenters. The summed E-state index contributed by atoms with van der Waals surface area (Å²) in [6.07, 6.45) is 19.3. The van der Waals surface area contributed by atoms with Gasteiger partial charge in [-0.1, -0.05) is 90.4 Å². The lowest BCUT2D eigenvalue weighted by atomic mass is 10.0. The minimum atomic E-state index is 0.703. The molecule has 1 aromatic heterocycles. The fourth-order valence-electron chi connectivity index (χ4n) is 3.60. The van der Waals surface area contributed by atoms with Gasteiger partial charge in [0.15, 0.2) is 11.5 Å². The highest BCUT2D eigenvalue weighted by Gasteiger charge is 2.03. The van der Waals surface area contributed by atoms with Gasteiger partial charge in [0, 0.05) is 13.0 Å². The van der Waals surface area contributed by atoms with Crippen LogP contribution in [0, 0.1) is 6.92 Å².